The molecule has 0 aliphatic carbocycles. The number of thioether (sulfide) groups is 1. The molecule has 0 bridgehead atoms. The van der Waals surface area contributed by atoms with Crippen LogP contribution in [0.3, 0.4) is 0 Å². The number of carbonyl (C=O) groups is 2. The van der Waals surface area contributed by atoms with Crippen molar-refractivity contribution < 1.29 is 14.0 Å². The SMILES string of the molecule is Cc1ccc(NC2=C(Sc3nc(C)cc(C)n3)C(=O)N(c3ccccc3F)C2=O)cc1. The zero-order chi connectivity index (χ0) is 22.1. The number of para-hydroxylation sites is 1. The van der Waals surface area contributed by atoms with Crippen molar-refractivity contribution in [2.24, 2.45) is 0 Å². The van der Waals surface area contributed by atoms with Gasteiger partial charge in [0.15, 0.2) is 5.16 Å². The summed E-state index contributed by atoms with van der Waals surface area (Å²) in [6.07, 6.45) is 0. The Hall–Kier alpha value is -3.52. The molecule has 1 aliphatic heterocycles. The molecular formula is C23H19FN4O2S. The second-order valence-electron chi connectivity index (χ2n) is 7.13. The number of aromatic nitrogens is 2. The summed E-state index contributed by atoms with van der Waals surface area (Å²) < 4.78 is 14.4. The first kappa shape index (κ1) is 20.7. The molecule has 0 spiro atoms. The maximum atomic E-state index is 14.4. The molecule has 0 unspecified atom stereocenters. The van der Waals surface area contributed by atoms with Crippen molar-refractivity contribution >= 4 is 35.0 Å². The van der Waals surface area contributed by atoms with Gasteiger partial charge in [0.25, 0.3) is 11.8 Å². The smallest absolute Gasteiger partial charge is 0.283 e. The van der Waals surface area contributed by atoms with Crippen molar-refractivity contribution in [3.05, 3.63) is 88.0 Å². The maximum Gasteiger partial charge on any atom is 0.283 e. The molecule has 0 radical (unpaired) electrons. The van der Waals surface area contributed by atoms with Gasteiger partial charge in [-0.2, -0.15) is 0 Å². The summed E-state index contributed by atoms with van der Waals surface area (Å²) in [5, 5.41) is 3.38. The van der Waals surface area contributed by atoms with E-state index in [2.05, 4.69) is 15.3 Å². The Morgan fingerprint density at radius 2 is 1.55 bits per heavy atom. The predicted octanol–water partition coefficient (Wildman–Crippen LogP) is 4.53. The quantitative estimate of drug-likeness (QED) is 0.470. The molecule has 4 rings (SSSR count). The molecule has 6 nitrogen and oxygen atoms in total. The third-order valence-corrected chi connectivity index (χ3v) is 5.56. The van der Waals surface area contributed by atoms with Crippen LogP contribution in [0, 0.1) is 26.6 Å². The molecule has 1 aliphatic rings. The van der Waals surface area contributed by atoms with Crippen LogP contribution >= 0.6 is 11.8 Å². The van der Waals surface area contributed by atoms with Crippen molar-refractivity contribution in [1.29, 1.82) is 0 Å². The van der Waals surface area contributed by atoms with Gasteiger partial charge in [0.2, 0.25) is 0 Å². The monoisotopic (exact) mass is 434 g/mol. The number of aryl methyl sites for hydroxylation is 3. The molecule has 0 atom stereocenters. The normalized spacial score (nSPS) is 13.9. The molecule has 2 aromatic carbocycles. The van der Waals surface area contributed by atoms with Crippen LogP contribution in [0.2, 0.25) is 0 Å². The van der Waals surface area contributed by atoms with E-state index in [1.165, 1.54) is 18.2 Å². The minimum absolute atomic E-state index is 0.0601. The van der Waals surface area contributed by atoms with Crippen LogP contribution in [0.15, 0.2) is 70.4 Å². The molecule has 2 heterocycles. The van der Waals surface area contributed by atoms with Gasteiger partial charge in [-0.25, -0.2) is 19.3 Å². The fourth-order valence-corrected chi connectivity index (χ4v) is 4.16. The molecule has 0 saturated carbocycles. The van der Waals surface area contributed by atoms with Crippen molar-refractivity contribution in [1.82, 2.24) is 9.97 Å². The minimum Gasteiger partial charge on any atom is -0.350 e. The van der Waals surface area contributed by atoms with Gasteiger partial charge in [0.05, 0.1) is 5.69 Å². The van der Waals surface area contributed by atoms with Gasteiger partial charge >= 0.3 is 0 Å². The number of nitrogens with one attached hydrogen (secondary N) is 1. The van der Waals surface area contributed by atoms with Gasteiger partial charge in [-0.05, 0) is 62.9 Å². The van der Waals surface area contributed by atoms with E-state index in [0.29, 0.717) is 10.8 Å². The number of halogens is 1. The third-order valence-electron chi connectivity index (χ3n) is 4.61. The number of rotatable bonds is 5. The average Bonchev–Trinajstić information content (AvgIpc) is 2.93. The highest BCUT2D eigenvalue weighted by molar-refractivity contribution is 8.04. The number of nitrogens with zero attached hydrogens (tertiary/aromatic N) is 3. The molecule has 31 heavy (non-hydrogen) atoms. The summed E-state index contributed by atoms with van der Waals surface area (Å²) in [5.74, 6) is -1.92. The number of anilines is 2. The Bertz CT molecular complexity index is 1200. The van der Waals surface area contributed by atoms with E-state index in [1.54, 1.807) is 18.2 Å². The largest absolute Gasteiger partial charge is 0.350 e. The fraction of sp³-hybridized carbons (Fsp3) is 0.130. The van der Waals surface area contributed by atoms with E-state index in [1.807, 2.05) is 39.0 Å². The maximum absolute atomic E-state index is 14.4. The number of imide groups is 1. The second kappa shape index (κ2) is 8.31. The van der Waals surface area contributed by atoms with Gasteiger partial charge < -0.3 is 5.32 Å². The van der Waals surface area contributed by atoms with E-state index in [0.717, 1.165) is 33.6 Å². The standard InChI is InChI=1S/C23H19FN4O2S/c1-13-8-10-16(11-9-13)27-19-20(31-23-25-14(2)12-15(3)26-23)22(30)28(21(19)29)18-7-5-4-6-17(18)24/h4-12,27H,1-3H3. The second-order valence-corrected chi connectivity index (χ2v) is 8.11. The van der Waals surface area contributed by atoms with Crippen LogP contribution in [0.1, 0.15) is 17.0 Å². The van der Waals surface area contributed by atoms with Crippen molar-refractivity contribution in [2.45, 2.75) is 25.9 Å². The number of amides is 2. The minimum atomic E-state index is -0.659. The highest BCUT2D eigenvalue weighted by atomic mass is 32.2. The zero-order valence-corrected chi connectivity index (χ0v) is 18.0. The summed E-state index contributed by atoms with van der Waals surface area (Å²) in [5.41, 5.74) is 3.14. The van der Waals surface area contributed by atoms with Crippen LogP contribution in [-0.4, -0.2) is 21.8 Å². The molecule has 3 aromatic rings. The molecule has 156 valence electrons. The highest BCUT2D eigenvalue weighted by Gasteiger charge is 2.41. The van der Waals surface area contributed by atoms with Crippen LogP contribution in [0.5, 0.6) is 0 Å². The number of benzene rings is 2. The lowest BCUT2D eigenvalue weighted by atomic mass is 10.2. The average molecular weight is 434 g/mol. The van der Waals surface area contributed by atoms with E-state index in [4.69, 9.17) is 0 Å². The van der Waals surface area contributed by atoms with Gasteiger partial charge in [0.1, 0.15) is 16.4 Å². The molecule has 1 N–H and O–H groups in total. The summed E-state index contributed by atoms with van der Waals surface area (Å²) in [7, 11) is 0. The Kier molecular flexibility index (Phi) is 5.56. The van der Waals surface area contributed by atoms with Crippen molar-refractivity contribution in [3.63, 3.8) is 0 Å². The first-order chi connectivity index (χ1) is 14.8. The summed E-state index contributed by atoms with van der Waals surface area (Å²) in [4.78, 5) is 36.2. The Balaban J connectivity index is 1.78. The van der Waals surface area contributed by atoms with Gasteiger partial charge in [-0.1, -0.05) is 29.8 Å². The summed E-state index contributed by atoms with van der Waals surface area (Å²) in [6.45, 7) is 5.60. The van der Waals surface area contributed by atoms with Crippen LogP contribution in [-0.2, 0) is 9.59 Å². The van der Waals surface area contributed by atoms with E-state index < -0.39 is 17.6 Å². The molecule has 8 heteroatoms. The Morgan fingerprint density at radius 1 is 0.903 bits per heavy atom. The fourth-order valence-electron chi connectivity index (χ4n) is 3.18. The van der Waals surface area contributed by atoms with Crippen LogP contribution < -0.4 is 10.2 Å². The van der Waals surface area contributed by atoms with E-state index >= 15 is 0 Å². The Labute approximate surface area is 183 Å². The highest BCUT2D eigenvalue weighted by Crippen LogP contribution is 2.37. The van der Waals surface area contributed by atoms with E-state index in [9.17, 15) is 14.0 Å². The first-order valence-corrected chi connectivity index (χ1v) is 10.4. The molecule has 1 aromatic heterocycles. The molecule has 0 saturated heterocycles. The predicted molar refractivity (Wildman–Crippen MR) is 118 cm³/mol. The molecule has 0 fully saturated rings. The van der Waals surface area contributed by atoms with Gasteiger partial charge in [-0.15, -0.1) is 0 Å². The van der Waals surface area contributed by atoms with Crippen LogP contribution in [0.25, 0.3) is 0 Å². The summed E-state index contributed by atoms with van der Waals surface area (Å²) in [6, 6.07) is 14.9. The van der Waals surface area contributed by atoms with Crippen LogP contribution in [0.4, 0.5) is 15.8 Å². The van der Waals surface area contributed by atoms with Gasteiger partial charge in [0, 0.05) is 17.1 Å². The molecule has 2 amide bonds. The Morgan fingerprint density at radius 3 is 2.19 bits per heavy atom. The number of hydrogen-bond donors (Lipinski definition) is 1. The third kappa shape index (κ3) is 4.20. The topological polar surface area (TPSA) is 75.2 Å². The van der Waals surface area contributed by atoms with Crippen molar-refractivity contribution in [2.75, 3.05) is 10.2 Å². The van der Waals surface area contributed by atoms with E-state index in [-0.39, 0.29) is 16.3 Å². The lowest BCUT2D eigenvalue weighted by Crippen LogP contribution is -2.33. The summed E-state index contributed by atoms with van der Waals surface area (Å²) >= 11 is 0.987. The number of carbonyl (C=O) groups excluding carboxylic acids is 2. The first-order valence-electron chi connectivity index (χ1n) is 9.55. The van der Waals surface area contributed by atoms with Crippen molar-refractivity contribution in [3.8, 4) is 0 Å². The lowest BCUT2D eigenvalue weighted by molar-refractivity contribution is -0.120. The number of hydrogen-bond acceptors (Lipinski definition) is 6. The lowest BCUT2D eigenvalue weighted by Gasteiger charge is -2.15. The van der Waals surface area contributed by atoms with Gasteiger partial charge in [-0.3, -0.25) is 9.59 Å². The zero-order valence-electron chi connectivity index (χ0n) is 17.1. The molecular weight excluding hydrogens is 415 g/mol.